The molecule has 0 aliphatic heterocycles. The van der Waals surface area contributed by atoms with Crippen LogP contribution in [0.25, 0.3) is 0 Å². The van der Waals surface area contributed by atoms with Crippen molar-refractivity contribution < 1.29 is 8.78 Å². The van der Waals surface area contributed by atoms with E-state index in [0.717, 1.165) is 18.9 Å². The first-order chi connectivity index (χ1) is 6.63. The number of hydrogen-bond donors (Lipinski definition) is 0. The smallest absolute Gasteiger partial charge is 0.126 e. The Kier molecular flexibility index (Phi) is 2.48. The van der Waals surface area contributed by atoms with Crippen molar-refractivity contribution in [1.29, 1.82) is 0 Å². The van der Waals surface area contributed by atoms with Crippen LogP contribution in [0, 0.1) is 17.0 Å². The van der Waals surface area contributed by atoms with Crippen LogP contribution >= 0.6 is 11.6 Å². The molecule has 0 atom stereocenters. The van der Waals surface area contributed by atoms with Crippen molar-refractivity contribution in [2.24, 2.45) is 5.41 Å². The first-order valence-electron chi connectivity index (χ1n) is 4.65. The van der Waals surface area contributed by atoms with Crippen LogP contribution < -0.4 is 0 Å². The SMILES string of the molecule is Fc1cc(F)cc(CC2(CCl)CC2)c1. The second-order valence-corrected chi connectivity index (χ2v) is 4.36. The molecule has 0 spiro atoms. The molecule has 1 aliphatic rings. The molecule has 76 valence electrons. The first kappa shape index (κ1) is 9.91. The number of hydrogen-bond acceptors (Lipinski definition) is 0. The fourth-order valence-electron chi connectivity index (χ4n) is 1.68. The Bertz CT molecular complexity index is 325. The zero-order valence-corrected chi connectivity index (χ0v) is 8.45. The van der Waals surface area contributed by atoms with Gasteiger partial charge in [-0.1, -0.05) is 0 Å². The molecule has 0 amide bonds. The second-order valence-electron chi connectivity index (χ2n) is 4.09. The highest BCUT2D eigenvalue weighted by Gasteiger charge is 2.41. The summed E-state index contributed by atoms with van der Waals surface area (Å²) < 4.78 is 25.7. The number of halogens is 3. The maximum Gasteiger partial charge on any atom is 0.126 e. The van der Waals surface area contributed by atoms with Gasteiger partial charge in [0.2, 0.25) is 0 Å². The molecule has 1 saturated carbocycles. The Labute approximate surface area is 86.9 Å². The maximum absolute atomic E-state index is 12.9. The summed E-state index contributed by atoms with van der Waals surface area (Å²) in [4.78, 5) is 0. The topological polar surface area (TPSA) is 0 Å². The molecule has 0 heterocycles. The highest BCUT2D eigenvalue weighted by Crippen LogP contribution is 2.49. The summed E-state index contributed by atoms with van der Waals surface area (Å²) in [5, 5.41) is 0. The third-order valence-corrected chi connectivity index (χ3v) is 3.31. The van der Waals surface area contributed by atoms with Crippen molar-refractivity contribution in [2.75, 3.05) is 5.88 Å². The molecule has 1 aromatic rings. The molecule has 0 nitrogen and oxygen atoms in total. The summed E-state index contributed by atoms with van der Waals surface area (Å²) in [5.74, 6) is -0.443. The second kappa shape index (κ2) is 3.50. The van der Waals surface area contributed by atoms with Gasteiger partial charge in [-0.2, -0.15) is 0 Å². The van der Waals surface area contributed by atoms with Gasteiger partial charge in [0.1, 0.15) is 11.6 Å². The normalized spacial score (nSPS) is 18.2. The summed E-state index contributed by atoms with van der Waals surface area (Å²) in [6.07, 6.45) is 2.81. The van der Waals surface area contributed by atoms with Gasteiger partial charge >= 0.3 is 0 Å². The van der Waals surface area contributed by atoms with Gasteiger partial charge in [-0.05, 0) is 42.4 Å². The standard InChI is InChI=1S/C11H11ClF2/c12-7-11(1-2-11)6-8-3-9(13)5-10(14)4-8/h3-5H,1-2,6-7H2. The van der Waals surface area contributed by atoms with Gasteiger partial charge in [0.15, 0.2) is 0 Å². The fourth-order valence-corrected chi connectivity index (χ4v) is 2.04. The van der Waals surface area contributed by atoms with E-state index in [9.17, 15) is 8.78 Å². The summed E-state index contributed by atoms with van der Waals surface area (Å²) >= 11 is 5.80. The van der Waals surface area contributed by atoms with E-state index in [1.165, 1.54) is 12.1 Å². The third kappa shape index (κ3) is 2.06. The molecule has 0 unspecified atom stereocenters. The fraction of sp³-hybridized carbons (Fsp3) is 0.455. The minimum Gasteiger partial charge on any atom is -0.207 e. The molecule has 1 aromatic carbocycles. The van der Waals surface area contributed by atoms with Crippen LogP contribution in [0.3, 0.4) is 0 Å². The molecule has 0 radical (unpaired) electrons. The van der Waals surface area contributed by atoms with Crippen LogP contribution in [-0.4, -0.2) is 5.88 Å². The molecule has 0 saturated heterocycles. The lowest BCUT2D eigenvalue weighted by molar-refractivity contribution is 0.552. The third-order valence-electron chi connectivity index (χ3n) is 2.74. The molecule has 2 rings (SSSR count). The van der Waals surface area contributed by atoms with E-state index in [-0.39, 0.29) is 5.41 Å². The molecule has 0 N–H and O–H groups in total. The lowest BCUT2D eigenvalue weighted by Gasteiger charge is -2.10. The average molecular weight is 217 g/mol. The van der Waals surface area contributed by atoms with Crippen molar-refractivity contribution in [3.63, 3.8) is 0 Å². The molecule has 1 fully saturated rings. The van der Waals surface area contributed by atoms with E-state index in [4.69, 9.17) is 11.6 Å². The lowest BCUT2D eigenvalue weighted by atomic mass is 9.98. The molecule has 3 heteroatoms. The van der Waals surface area contributed by atoms with Crippen molar-refractivity contribution in [1.82, 2.24) is 0 Å². The first-order valence-corrected chi connectivity index (χ1v) is 5.18. The highest BCUT2D eigenvalue weighted by molar-refractivity contribution is 6.18. The van der Waals surface area contributed by atoms with Crippen molar-refractivity contribution >= 4 is 11.6 Å². The molecule has 0 bridgehead atoms. The van der Waals surface area contributed by atoms with Crippen molar-refractivity contribution in [3.05, 3.63) is 35.4 Å². The van der Waals surface area contributed by atoms with Gasteiger partial charge in [0.25, 0.3) is 0 Å². The van der Waals surface area contributed by atoms with Crippen LogP contribution in [0.5, 0.6) is 0 Å². The zero-order valence-electron chi connectivity index (χ0n) is 7.69. The predicted molar refractivity (Wildman–Crippen MR) is 52.4 cm³/mol. The monoisotopic (exact) mass is 216 g/mol. The number of alkyl halides is 1. The van der Waals surface area contributed by atoms with E-state index in [1.54, 1.807) is 0 Å². The predicted octanol–water partition coefficient (Wildman–Crippen LogP) is 3.53. The summed E-state index contributed by atoms with van der Waals surface area (Å²) in [6.45, 7) is 0. The van der Waals surface area contributed by atoms with Crippen LogP contribution in [0.2, 0.25) is 0 Å². The van der Waals surface area contributed by atoms with Crippen LogP contribution in [0.1, 0.15) is 18.4 Å². The van der Waals surface area contributed by atoms with Crippen LogP contribution in [0.4, 0.5) is 8.78 Å². The van der Waals surface area contributed by atoms with Gasteiger partial charge in [0, 0.05) is 11.9 Å². The van der Waals surface area contributed by atoms with Crippen LogP contribution in [-0.2, 0) is 6.42 Å². The Morgan fingerprint density at radius 2 is 1.71 bits per heavy atom. The molecule has 0 aromatic heterocycles. The van der Waals surface area contributed by atoms with Crippen molar-refractivity contribution in [3.8, 4) is 0 Å². The molecular formula is C11H11ClF2. The average Bonchev–Trinajstić information content (AvgIpc) is 2.83. The highest BCUT2D eigenvalue weighted by atomic mass is 35.5. The van der Waals surface area contributed by atoms with Gasteiger partial charge in [0.05, 0.1) is 0 Å². The van der Waals surface area contributed by atoms with Crippen molar-refractivity contribution in [2.45, 2.75) is 19.3 Å². The molecular weight excluding hydrogens is 206 g/mol. The minimum absolute atomic E-state index is 0.113. The van der Waals surface area contributed by atoms with E-state index in [2.05, 4.69) is 0 Å². The Morgan fingerprint density at radius 1 is 1.14 bits per heavy atom. The van der Waals surface area contributed by atoms with Gasteiger partial charge in [-0.25, -0.2) is 8.78 Å². The largest absolute Gasteiger partial charge is 0.207 e. The zero-order chi connectivity index (χ0) is 10.2. The van der Waals surface area contributed by atoms with Gasteiger partial charge in [-0.15, -0.1) is 11.6 Å². The maximum atomic E-state index is 12.9. The minimum atomic E-state index is -0.509. The Hall–Kier alpha value is -0.630. The van der Waals surface area contributed by atoms with Gasteiger partial charge < -0.3 is 0 Å². The molecule has 1 aliphatic carbocycles. The lowest BCUT2D eigenvalue weighted by Crippen LogP contribution is -2.07. The summed E-state index contributed by atoms with van der Waals surface area (Å²) in [7, 11) is 0. The van der Waals surface area contributed by atoms with E-state index in [0.29, 0.717) is 17.9 Å². The quantitative estimate of drug-likeness (QED) is 0.679. The van der Waals surface area contributed by atoms with Crippen LogP contribution in [0.15, 0.2) is 18.2 Å². The van der Waals surface area contributed by atoms with E-state index in [1.807, 2.05) is 0 Å². The van der Waals surface area contributed by atoms with E-state index >= 15 is 0 Å². The molecule has 14 heavy (non-hydrogen) atoms. The Morgan fingerprint density at radius 3 is 2.14 bits per heavy atom. The van der Waals surface area contributed by atoms with E-state index < -0.39 is 11.6 Å². The number of rotatable bonds is 3. The Balaban J connectivity index is 2.16. The summed E-state index contributed by atoms with van der Waals surface area (Å²) in [6, 6.07) is 3.66. The number of benzene rings is 1. The summed E-state index contributed by atoms with van der Waals surface area (Å²) in [5.41, 5.74) is 0.822. The van der Waals surface area contributed by atoms with Gasteiger partial charge in [-0.3, -0.25) is 0 Å².